The first-order chi connectivity index (χ1) is 15.4. The molecule has 1 amide bonds. The molecule has 1 aliphatic heterocycles. The number of ether oxygens (including phenoxy) is 1. The Morgan fingerprint density at radius 1 is 1.33 bits per heavy atom. The molecular formula is C22H24ClF2N3O5. The van der Waals surface area contributed by atoms with Gasteiger partial charge in [0.05, 0.1) is 33.7 Å². The van der Waals surface area contributed by atoms with Crippen LogP contribution in [0.25, 0.3) is 10.9 Å². The number of carboxylic acids is 1. The zero-order valence-corrected chi connectivity index (χ0v) is 19.1. The fraction of sp³-hybridized carbons (Fsp3) is 0.500. The summed E-state index contributed by atoms with van der Waals surface area (Å²) in [5.41, 5.74) is -2.01. The lowest BCUT2D eigenvalue weighted by Gasteiger charge is -2.24. The number of nitrogens with one attached hydrogen (secondary N) is 1. The minimum Gasteiger partial charge on any atom is -0.477 e. The number of pyridine rings is 1. The first kappa shape index (κ1) is 23.3. The Labute approximate surface area is 193 Å². The predicted molar refractivity (Wildman–Crippen MR) is 119 cm³/mol. The van der Waals surface area contributed by atoms with Crippen molar-refractivity contribution >= 4 is 40.3 Å². The molecule has 4 rings (SSSR count). The maximum atomic E-state index is 15.2. The van der Waals surface area contributed by atoms with E-state index >= 15 is 4.39 Å². The summed E-state index contributed by atoms with van der Waals surface area (Å²) in [6.07, 6.45) is -0.0753. The van der Waals surface area contributed by atoms with Crippen LogP contribution in [-0.4, -0.2) is 52.6 Å². The second-order valence-corrected chi connectivity index (χ2v) is 9.78. The highest BCUT2D eigenvalue weighted by molar-refractivity contribution is 6.38. The molecule has 1 aromatic carbocycles. The Kier molecular flexibility index (Phi) is 5.76. The summed E-state index contributed by atoms with van der Waals surface area (Å²) < 4.78 is 35.7. The summed E-state index contributed by atoms with van der Waals surface area (Å²) >= 11 is 6.57. The number of benzene rings is 1. The van der Waals surface area contributed by atoms with Crippen molar-refractivity contribution < 1.29 is 28.2 Å². The molecule has 8 nitrogen and oxygen atoms in total. The number of alkyl carbamates (subject to hydrolysis) is 1. The maximum absolute atomic E-state index is 15.2. The molecule has 33 heavy (non-hydrogen) atoms. The van der Waals surface area contributed by atoms with E-state index in [9.17, 15) is 23.9 Å². The molecule has 178 valence electrons. The van der Waals surface area contributed by atoms with Crippen LogP contribution in [0.5, 0.6) is 0 Å². The third-order valence-corrected chi connectivity index (χ3v) is 6.04. The number of carbonyl (C=O) groups excluding carboxylic acids is 1. The molecule has 2 fully saturated rings. The van der Waals surface area contributed by atoms with Gasteiger partial charge in [-0.15, -0.1) is 0 Å². The molecule has 1 aromatic heterocycles. The number of nitrogens with zero attached hydrogens (tertiary/aromatic N) is 2. The van der Waals surface area contributed by atoms with E-state index in [1.807, 2.05) is 0 Å². The van der Waals surface area contributed by atoms with Gasteiger partial charge >= 0.3 is 12.1 Å². The number of aromatic nitrogens is 1. The van der Waals surface area contributed by atoms with E-state index in [4.69, 9.17) is 16.3 Å². The smallest absolute Gasteiger partial charge is 0.407 e. The second kappa shape index (κ2) is 8.16. The van der Waals surface area contributed by atoms with Gasteiger partial charge in [-0.3, -0.25) is 4.79 Å². The van der Waals surface area contributed by atoms with Crippen LogP contribution in [0, 0.1) is 5.82 Å². The standard InChI is InChI=1S/C22H24ClF2N3O5/c1-22(2,3)33-21(32)26-10-4-5-27(8-10)18-14(25)6-11-17(16(18)23)28(15-7-13(15)24)9-12(19(11)29)20(30)31/h6,9-10,13,15H,4-5,7-8H2,1-3H3,(H,26,32)(H,30,31)/t10-,13-,15+/m0/s1. The highest BCUT2D eigenvalue weighted by atomic mass is 35.5. The van der Waals surface area contributed by atoms with E-state index in [0.29, 0.717) is 13.0 Å². The van der Waals surface area contributed by atoms with Gasteiger partial charge in [-0.25, -0.2) is 18.4 Å². The zero-order chi connectivity index (χ0) is 24.2. The average molecular weight is 484 g/mol. The first-order valence-corrected chi connectivity index (χ1v) is 10.9. The molecule has 2 N–H and O–H groups in total. The number of alkyl halides is 1. The summed E-state index contributed by atoms with van der Waals surface area (Å²) in [7, 11) is 0. The number of hydrogen-bond acceptors (Lipinski definition) is 5. The van der Waals surface area contributed by atoms with Crippen molar-refractivity contribution in [1.29, 1.82) is 0 Å². The topological polar surface area (TPSA) is 101 Å². The molecule has 1 saturated heterocycles. The summed E-state index contributed by atoms with van der Waals surface area (Å²) in [5, 5.41) is 11.8. The van der Waals surface area contributed by atoms with Crippen LogP contribution in [0.2, 0.25) is 5.02 Å². The molecule has 2 aromatic rings. The minimum atomic E-state index is -1.48. The molecule has 0 bridgehead atoms. The fourth-order valence-electron chi connectivity index (χ4n) is 4.13. The lowest BCUT2D eigenvalue weighted by molar-refractivity contribution is 0.0508. The van der Waals surface area contributed by atoms with Crippen LogP contribution in [0.4, 0.5) is 19.3 Å². The molecule has 3 atom stereocenters. The number of rotatable bonds is 4. The number of anilines is 1. The van der Waals surface area contributed by atoms with Crippen molar-refractivity contribution in [3.63, 3.8) is 0 Å². The van der Waals surface area contributed by atoms with Crippen molar-refractivity contribution in [2.75, 3.05) is 18.0 Å². The van der Waals surface area contributed by atoms with E-state index in [2.05, 4.69) is 5.32 Å². The normalized spacial score (nSPS) is 22.5. The molecule has 0 unspecified atom stereocenters. The number of carbonyl (C=O) groups is 2. The van der Waals surface area contributed by atoms with Crippen molar-refractivity contribution in [3.05, 3.63) is 38.9 Å². The monoisotopic (exact) mass is 483 g/mol. The molecular weight excluding hydrogens is 460 g/mol. The van der Waals surface area contributed by atoms with Crippen molar-refractivity contribution in [3.8, 4) is 0 Å². The molecule has 11 heteroatoms. The van der Waals surface area contributed by atoms with Gasteiger partial charge in [0.2, 0.25) is 5.43 Å². The minimum absolute atomic E-state index is 0.0185. The number of fused-ring (bicyclic) bond motifs is 1. The van der Waals surface area contributed by atoms with E-state index < -0.39 is 46.7 Å². The van der Waals surface area contributed by atoms with Gasteiger partial charge in [-0.1, -0.05) is 11.6 Å². The van der Waals surface area contributed by atoms with Crippen molar-refractivity contribution in [2.24, 2.45) is 0 Å². The maximum Gasteiger partial charge on any atom is 0.407 e. The van der Waals surface area contributed by atoms with Gasteiger partial charge in [0.15, 0.2) is 0 Å². The number of amides is 1. The van der Waals surface area contributed by atoms with Gasteiger partial charge in [0, 0.05) is 25.7 Å². The average Bonchev–Trinajstić information content (AvgIpc) is 3.23. The Balaban J connectivity index is 1.71. The van der Waals surface area contributed by atoms with Crippen molar-refractivity contribution in [2.45, 2.75) is 57.5 Å². The SMILES string of the molecule is CC(C)(C)OC(=O)N[C@H]1CCN(c2c(F)cc3c(=O)c(C(=O)O)cn([C@@H]4C[C@@H]4F)c3c2Cl)C1. The number of aromatic carboxylic acids is 1. The van der Waals surface area contributed by atoms with E-state index in [-0.39, 0.29) is 40.6 Å². The zero-order valence-electron chi connectivity index (χ0n) is 18.3. The highest BCUT2D eigenvalue weighted by Crippen LogP contribution is 2.44. The van der Waals surface area contributed by atoms with Gasteiger partial charge in [-0.2, -0.15) is 0 Å². The van der Waals surface area contributed by atoms with Gasteiger partial charge in [0.25, 0.3) is 0 Å². The number of halogens is 3. The molecule has 1 aliphatic carbocycles. The first-order valence-electron chi connectivity index (χ1n) is 10.6. The van der Waals surface area contributed by atoms with Gasteiger partial charge in [-0.05, 0) is 33.3 Å². The third-order valence-electron chi connectivity index (χ3n) is 5.68. The van der Waals surface area contributed by atoms with Gasteiger partial charge < -0.3 is 24.6 Å². The molecule has 0 radical (unpaired) electrons. The quantitative estimate of drug-likeness (QED) is 0.684. The van der Waals surface area contributed by atoms with Crippen LogP contribution in [-0.2, 0) is 4.74 Å². The lowest BCUT2D eigenvalue weighted by Crippen LogP contribution is -2.40. The van der Waals surface area contributed by atoms with Crippen molar-refractivity contribution in [1.82, 2.24) is 9.88 Å². The molecule has 1 saturated carbocycles. The van der Waals surface area contributed by atoms with Crippen LogP contribution in [0.3, 0.4) is 0 Å². The van der Waals surface area contributed by atoms with E-state index in [0.717, 1.165) is 12.3 Å². The molecule has 0 spiro atoms. The summed E-state index contributed by atoms with van der Waals surface area (Å²) in [6.45, 7) is 5.85. The number of carboxylic acid groups (broad SMARTS) is 1. The predicted octanol–water partition coefficient (Wildman–Crippen LogP) is 3.88. The summed E-state index contributed by atoms with van der Waals surface area (Å²) in [4.78, 5) is 37.9. The largest absolute Gasteiger partial charge is 0.477 e. The van der Waals surface area contributed by atoms with Crippen LogP contribution in [0.15, 0.2) is 17.1 Å². The Hall–Kier alpha value is -2.88. The van der Waals surface area contributed by atoms with Gasteiger partial charge in [0.1, 0.15) is 23.2 Å². The summed E-state index contributed by atoms with van der Waals surface area (Å²) in [5.74, 6) is -2.29. The highest BCUT2D eigenvalue weighted by Gasteiger charge is 2.41. The van der Waals surface area contributed by atoms with Crippen LogP contribution in [0.1, 0.15) is 50.0 Å². The number of hydrogen-bond donors (Lipinski definition) is 2. The van der Waals surface area contributed by atoms with E-state index in [1.54, 1.807) is 25.7 Å². The Bertz CT molecular complexity index is 1210. The van der Waals surface area contributed by atoms with Crippen LogP contribution < -0.4 is 15.6 Å². The molecule has 2 aliphatic rings. The van der Waals surface area contributed by atoms with E-state index in [1.165, 1.54) is 4.57 Å². The molecule has 2 heterocycles. The Morgan fingerprint density at radius 2 is 2.00 bits per heavy atom. The van der Waals surface area contributed by atoms with Crippen LogP contribution >= 0.6 is 11.6 Å². The lowest BCUT2D eigenvalue weighted by atomic mass is 10.1. The summed E-state index contributed by atoms with van der Waals surface area (Å²) in [6, 6.07) is -0.0464. The fourth-order valence-corrected chi connectivity index (χ4v) is 4.54. The Morgan fingerprint density at radius 3 is 2.58 bits per heavy atom. The third kappa shape index (κ3) is 4.48. The second-order valence-electron chi connectivity index (χ2n) is 9.40.